The summed E-state index contributed by atoms with van der Waals surface area (Å²) in [4.78, 5) is 4.31. The lowest BCUT2D eigenvalue weighted by atomic mass is 10.0. The highest BCUT2D eigenvalue weighted by molar-refractivity contribution is 7.13. The second kappa shape index (κ2) is 4.02. The molecule has 17 heavy (non-hydrogen) atoms. The third-order valence-electron chi connectivity index (χ3n) is 2.67. The van der Waals surface area contributed by atoms with Crippen molar-refractivity contribution in [3.63, 3.8) is 0 Å². The molecular formula is C13H9ClN2S. The Labute approximate surface area is 108 Å². The van der Waals surface area contributed by atoms with Crippen LogP contribution in [-0.2, 0) is 0 Å². The van der Waals surface area contributed by atoms with Crippen LogP contribution in [0.3, 0.4) is 0 Å². The molecule has 0 unspecified atom stereocenters. The number of halogens is 1. The van der Waals surface area contributed by atoms with Crippen molar-refractivity contribution in [2.24, 2.45) is 0 Å². The zero-order valence-corrected chi connectivity index (χ0v) is 10.4. The molecule has 2 N–H and O–H groups in total. The first-order valence-electron chi connectivity index (χ1n) is 5.14. The Balaban J connectivity index is 2.34. The molecule has 0 fully saturated rings. The topological polar surface area (TPSA) is 38.9 Å². The van der Waals surface area contributed by atoms with Gasteiger partial charge in [0.2, 0.25) is 0 Å². The first kappa shape index (κ1) is 10.6. The summed E-state index contributed by atoms with van der Waals surface area (Å²) in [7, 11) is 0. The molecule has 0 spiro atoms. The monoisotopic (exact) mass is 260 g/mol. The number of fused-ring (bicyclic) bond motifs is 1. The van der Waals surface area contributed by atoms with Crippen LogP contribution in [0.2, 0.25) is 5.02 Å². The summed E-state index contributed by atoms with van der Waals surface area (Å²) < 4.78 is 0. The summed E-state index contributed by atoms with van der Waals surface area (Å²) in [6, 6.07) is 11.9. The number of anilines is 1. The van der Waals surface area contributed by atoms with Crippen molar-refractivity contribution in [1.82, 2.24) is 4.98 Å². The Kier molecular flexibility index (Phi) is 2.50. The van der Waals surface area contributed by atoms with Gasteiger partial charge in [-0.15, -0.1) is 11.3 Å². The van der Waals surface area contributed by atoms with Gasteiger partial charge in [-0.1, -0.05) is 41.9 Å². The van der Waals surface area contributed by atoms with Gasteiger partial charge in [-0.25, -0.2) is 4.98 Å². The summed E-state index contributed by atoms with van der Waals surface area (Å²) in [6.07, 6.45) is 0. The van der Waals surface area contributed by atoms with Crippen LogP contribution in [0.4, 0.5) is 5.13 Å². The number of nitrogens with zero attached hydrogens (tertiary/aromatic N) is 1. The third kappa shape index (κ3) is 1.77. The van der Waals surface area contributed by atoms with Crippen LogP contribution < -0.4 is 5.73 Å². The maximum atomic E-state index is 6.18. The lowest BCUT2D eigenvalue weighted by molar-refractivity contribution is 1.42. The highest BCUT2D eigenvalue weighted by atomic mass is 35.5. The van der Waals surface area contributed by atoms with E-state index in [9.17, 15) is 0 Å². The molecule has 0 aliphatic heterocycles. The predicted octanol–water partition coefficient (Wildman–Crippen LogP) is 4.20. The fraction of sp³-hybridized carbons (Fsp3) is 0. The van der Waals surface area contributed by atoms with E-state index in [2.05, 4.69) is 4.98 Å². The van der Waals surface area contributed by atoms with Gasteiger partial charge in [0.25, 0.3) is 0 Å². The number of nitrogen functional groups attached to an aromatic ring is 1. The molecule has 4 heteroatoms. The summed E-state index contributed by atoms with van der Waals surface area (Å²) in [5.74, 6) is 0. The summed E-state index contributed by atoms with van der Waals surface area (Å²) in [6.45, 7) is 0. The Morgan fingerprint density at radius 2 is 1.82 bits per heavy atom. The van der Waals surface area contributed by atoms with Gasteiger partial charge in [0.15, 0.2) is 5.13 Å². The number of rotatable bonds is 1. The highest BCUT2D eigenvalue weighted by Gasteiger charge is 2.08. The van der Waals surface area contributed by atoms with Crippen LogP contribution in [0.15, 0.2) is 41.8 Å². The van der Waals surface area contributed by atoms with Gasteiger partial charge in [0.1, 0.15) is 0 Å². The molecule has 0 aliphatic carbocycles. The van der Waals surface area contributed by atoms with Crippen LogP contribution in [-0.4, -0.2) is 4.98 Å². The van der Waals surface area contributed by atoms with Crippen molar-refractivity contribution < 1.29 is 0 Å². The minimum absolute atomic E-state index is 0.582. The van der Waals surface area contributed by atoms with E-state index in [-0.39, 0.29) is 0 Å². The van der Waals surface area contributed by atoms with Gasteiger partial charge in [-0.2, -0.15) is 0 Å². The second-order valence-corrected chi connectivity index (χ2v) is 5.01. The van der Waals surface area contributed by atoms with Gasteiger partial charge in [0.05, 0.1) is 5.69 Å². The zero-order valence-electron chi connectivity index (χ0n) is 8.85. The molecule has 1 heterocycles. The standard InChI is InChI=1S/C13H9ClN2S/c14-11-6-5-10(12-7-17-13(15)16-12)8-3-1-2-4-9(8)11/h1-7H,(H2,15,16). The van der Waals surface area contributed by atoms with Crippen molar-refractivity contribution in [2.75, 3.05) is 5.73 Å². The quantitative estimate of drug-likeness (QED) is 0.712. The van der Waals surface area contributed by atoms with Crippen molar-refractivity contribution >= 4 is 38.8 Å². The van der Waals surface area contributed by atoms with Crippen LogP contribution in [0.1, 0.15) is 0 Å². The molecule has 0 amide bonds. The SMILES string of the molecule is Nc1nc(-c2ccc(Cl)c3ccccc23)cs1. The summed E-state index contributed by atoms with van der Waals surface area (Å²) in [5.41, 5.74) is 7.64. The third-order valence-corrected chi connectivity index (χ3v) is 3.67. The number of thiazole rings is 1. The van der Waals surface area contributed by atoms with Gasteiger partial charge >= 0.3 is 0 Å². The van der Waals surface area contributed by atoms with Crippen LogP contribution in [0, 0.1) is 0 Å². The van der Waals surface area contributed by atoms with E-state index in [1.54, 1.807) is 0 Å². The fourth-order valence-electron chi connectivity index (χ4n) is 1.90. The lowest BCUT2D eigenvalue weighted by Crippen LogP contribution is -1.85. The number of hydrogen-bond donors (Lipinski definition) is 1. The van der Waals surface area contributed by atoms with E-state index >= 15 is 0 Å². The summed E-state index contributed by atoms with van der Waals surface area (Å²) in [5, 5.41) is 5.44. The largest absolute Gasteiger partial charge is 0.375 e. The maximum absolute atomic E-state index is 6.18. The predicted molar refractivity (Wildman–Crippen MR) is 74.5 cm³/mol. The van der Waals surface area contributed by atoms with Crippen molar-refractivity contribution in [3.05, 3.63) is 46.8 Å². The molecule has 0 radical (unpaired) electrons. The average Bonchev–Trinajstić information content (AvgIpc) is 2.77. The molecule has 1 aromatic heterocycles. The molecule has 2 nitrogen and oxygen atoms in total. The Bertz CT molecular complexity index is 691. The van der Waals surface area contributed by atoms with Crippen molar-refractivity contribution in [1.29, 1.82) is 0 Å². The van der Waals surface area contributed by atoms with Crippen LogP contribution >= 0.6 is 22.9 Å². The molecule has 0 atom stereocenters. The Morgan fingerprint density at radius 1 is 1.06 bits per heavy atom. The molecule has 3 aromatic rings. The van der Waals surface area contributed by atoms with E-state index in [0.717, 1.165) is 27.1 Å². The number of hydrogen-bond acceptors (Lipinski definition) is 3. The zero-order chi connectivity index (χ0) is 11.8. The second-order valence-electron chi connectivity index (χ2n) is 3.71. The van der Waals surface area contributed by atoms with Gasteiger partial charge in [-0.05, 0) is 11.5 Å². The van der Waals surface area contributed by atoms with Crippen molar-refractivity contribution in [2.45, 2.75) is 0 Å². The first-order valence-corrected chi connectivity index (χ1v) is 6.40. The molecule has 0 aliphatic rings. The Hall–Kier alpha value is -1.58. The van der Waals surface area contributed by atoms with E-state index in [0.29, 0.717) is 5.13 Å². The average molecular weight is 261 g/mol. The number of benzene rings is 2. The van der Waals surface area contributed by atoms with Gasteiger partial charge < -0.3 is 5.73 Å². The lowest BCUT2D eigenvalue weighted by Gasteiger charge is -2.05. The normalized spacial score (nSPS) is 10.9. The van der Waals surface area contributed by atoms with E-state index < -0.39 is 0 Å². The molecule has 0 saturated heterocycles. The van der Waals surface area contributed by atoms with Gasteiger partial charge in [0, 0.05) is 21.4 Å². The molecule has 0 saturated carbocycles. The van der Waals surface area contributed by atoms with Crippen molar-refractivity contribution in [3.8, 4) is 11.3 Å². The first-order chi connectivity index (χ1) is 8.25. The minimum atomic E-state index is 0.582. The van der Waals surface area contributed by atoms with E-state index in [1.165, 1.54) is 11.3 Å². The number of aromatic nitrogens is 1. The van der Waals surface area contributed by atoms with E-state index in [1.807, 2.05) is 41.8 Å². The molecule has 3 rings (SSSR count). The van der Waals surface area contributed by atoms with E-state index in [4.69, 9.17) is 17.3 Å². The molecular weight excluding hydrogens is 252 g/mol. The van der Waals surface area contributed by atoms with Crippen LogP contribution in [0.5, 0.6) is 0 Å². The smallest absolute Gasteiger partial charge is 0.180 e. The minimum Gasteiger partial charge on any atom is -0.375 e. The maximum Gasteiger partial charge on any atom is 0.180 e. The number of nitrogens with two attached hydrogens (primary N) is 1. The highest BCUT2D eigenvalue weighted by Crippen LogP contribution is 2.33. The molecule has 2 aromatic carbocycles. The Morgan fingerprint density at radius 3 is 2.53 bits per heavy atom. The summed E-state index contributed by atoms with van der Waals surface area (Å²) >= 11 is 7.62. The van der Waals surface area contributed by atoms with Crippen LogP contribution in [0.25, 0.3) is 22.0 Å². The fourth-order valence-corrected chi connectivity index (χ4v) is 2.69. The molecule has 0 bridgehead atoms. The molecule has 84 valence electrons. The van der Waals surface area contributed by atoms with Gasteiger partial charge in [-0.3, -0.25) is 0 Å².